The number of benzene rings is 2. The Hall–Kier alpha value is -2.15. The van der Waals surface area contributed by atoms with Crippen LogP contribution in [0.2, 0.25) is 0 Å². The van der Waals surface area contributed by atoms with Gasteiger partial charge in [0.1, 0.15) is 0 Å². The highest BCUT2D eigenvalue weighted by Crippen LogP contribution is 2.08. The molecule has 0 saturated carbocycles. The van der Waals surface area contributed by atoms with Crippen molar-refractivity contribution in [3.8, 4) is 0 Å². The van der Waals surface area contributed by atoms with E-state index in [9.17, 15) is 0 Å². The lowest BCUT2D eigenvalue weighted by atomic mass is 10.2. The summed E-state index contributed by atoms with van der Waals surface area (Å²) in [7, 11) is 0. The first kappa shape index (κ1) is 10.4. The summed E-state index contributed by atoms with van der Waals surface area (Å²) in [6.45, 7) is 0. The molecule has 1 heteroatoms. The molecule has 1 nitrogen and oxygen atoms in total. The Morgan fingerprint density at radius 1 is 0.750 bits per heavy atom. The zero-order chi connectivity index (χ0) is 11.1. The average molecular weight is 207 g/mol. The number of rotatable bonds is 3. The number of hydrogen-bond donors (Lipinski definition) is 0. The van der Waals surface area contributed by atoms with Gasteiger partial charge in [0.25, 0.3) is 0 Å². The minimum atomic E-state index is 0.972. The SMILES string of the molecule is C(/C=C/c1ccccc1)=N/c1ccccc1. The number of aliphatic imine (C=N–C) groups is 1. The van der Waals surface area contributed by atoms with Crippen molar-refractivity contribution in [1.29, 1.82) is 0 Å². The second-order valence-electron chi connectivity index (χ2n) is 3.38. The van der Waals surface area contributed by atoms with Gasteiger partial charge < -0.3 is 0 Å². The van der Waals surface area contributed by atoms with Crippen LogP contribution in [-0.2, 0) is 0 Å². The fourth-order valence-corrected chi connectivity index (χ4v) is 1.36. The Balaban J connectivity index is 1.98. The molecular formula is C15H13N. The van der Waals surface area contributed by atoms with E-state index in [0.29, 0.717) is 0 Å². The van der Waals surface area contributed by atoms with Gasteiger partial charge >= 0.3 is 0 Å². The number of allylic oxidation sites excluding steroid dienone is 1. The van der Waals surface area contributed by atoms with Crippen LogP contribution in [0.1, 0.15) is 5.56 Å². The first-order valence-corrected chi connectivity index (χ1v) is 5.26. The molecule has 0 amide bonds. The minimum absolute atomic E-state index is 0.972. The molecule has 0 bridgehead atoms. The van der Waals surface area contributed by atoms with Gasteiger partial charge in [-0.3, -0.25) is 4.99 Å². The Bertz CT molecular complexity index is 422. The lowest BCUT2D eigenvalue weighted by molar-refractivity contribution is 1.54. The Kier molecular flexibility index (Phi) is 3.67. The molecule has 2 rings (SSSR count). The summed E-state index contributed by atoms with van der Waals surface area (Å²) in [4.78, 5) is 4.31. The van der Waals surface area contributed by atoms with Crippen LogP contribution in [0.4, 0.5) is 5.69 Å². The van der Waals surface area contributed by atoms with E-state index in [0.717, 1.165) is 5.69 Å². The average Bonchev–Trinajstić information content (AvgIpc) is 2.37. The molecule has 78 valence electrons. The lowest BCUT2D eigenvalue weighted by Gasteiger charge is -1.90. The molecule has 0 radical (unpaired) electrons. The van der Waals surface area contributed by atoms with Crippen LogP contribution in [0, 0.1) is 0 Å². The van der Waals surface area contributed by atoms with Crippen molar-refractivity contribution < 1.29 is 0 Å². The highest BCUT2D eigenvalue weighted by molar-refractivity contribution is 5.80. The first-order valence-electron chi connectivity index (χ1n) is 5.26. The molecule has 0 aliphatic rings. The number of para-hydroxylation sites is 1. The van der Waals surface area contributed by atoms with Crippen LogP contribution in [0.3, 0.4) is 0 Å². The summed E-state index contributed by atoms with van der Waals surface area (Å²) in [5.41, 5.74) is 2.15. The van der Waals surface area contributed by atoms with E-state index in [2.05, 4.69) is 17.1 Å². The summed E-state index contributed by atoms with van der Waals surface area (Å²) in [6.07, 6.45) is 5.79. The van der Waals surface area contributed by atoms with Gasteiger partial charge in [-0.25, -0.2) is 0 Å². The smallest absolute Gasteiger partial charge is 0.0629 e. The lowest BCUT2D eigenvalue weighted by Crippen LogP contribution is -1.69. The molecule has 0 fully saturated rings. The molecule has 0 aliphatic carbocycles. The minimum Gasteiger partial charge on any atom is -0.257 e. The van der Waals surface area contributed by atoms with Gasteiger partial charge in [-0.15, -0.1) is 0 Å². The molecule has 2 aromatic rings. The van der Waals surface area contributed by atoms with Crippen LogP contribution in [0.5, 0.6) is 0 Å². The van der Waals surface area contributed by atoms with Crippen LogP contribution in [0.15, 0.2) is 71.7 Å². The van der Waals surface area contributed by atoms with Gasteiger partial charge in [-0.05, 0) is 23.8 Å². The van der Waals surface area contributed by atoms with Crippen LogP contribution in [-0.4, -0.2) is 6.21 Å². The molecule has 0 aromatic heterocycles. The summed E-state index contributed by atoms with van der Waals surface area (Å²) >= 11 is 0. The molecule has 0 N–H and O–H groups in total. The maximum atomic E-state index is 4.31. The molecule has 16 heavy (non-hydrogen) atoms. The molecule has 0 atom stereocenters. The van der Waals surface area contributed by atoms with Gasteiger partial charge in [0.15, 0.2) is 0 Å². The highest BCUT2D eigenvalue weighted by Gasteiger charge is 1.82. The van der Waals surface area contributed by atoms with Crippen molar-refractivity contribution in [2.24, 2.45) is 4.99 Å². The predicted molar refractivity (Wildman–Crippen MR) is 70.1 cm³/mol. The highest BCUT2D eigenvalue weighted by atomic mass is 14.7. The maximum Gasteiger partial charge on any atom is 0.0629 e. The van der Waals surface area contributed by atoms with Gasteiger partial charge in [-0.2, -0.15) is 0 Å². The van der Waals surface area contributed by atoms with Crippen molar-refractivity contribution in [1.82, 2.24) is 0 Å². The standard InChI is InChI=1S/C15H13N/c1-3-8-14(9-4-1)10-7-13-16-15-11-5-2-6-12-15/h1-13H/b10-7+,16-13-. The Morgan fingerprint density at radius 3 is 2.06 bits per heavy atom. The third-order valence-electron chi connectivity index (χ3n) is 2.15. The first-order chi connectivity index (χ1) is 7.95. The second-order valence-corrected chi connectivity index (χ2v) is 3.38. The molecule has 0 saturated heterocycles. The van der Waals surface area contributed by atoms with Gasteiger partial charge in [-0.1, -0.05) is 54.6 Å². The largest absolute Gasteiger partial charge is 0.257 e. The van der Waals surface area contributed by atoms with Crippen molar-refractivity contribution in [3.63, 3.8) is 0 Å². The van der Waals surface area contributed by atoms with E-state index in [1.807, 2.05) is 66.9 Å². The normalized spacial score (nSPS) is 11.2. The maximum absolute atomic E-state index is 4.31. The molecule has 0 aliphatic heterocycles. The van der Waals surface area contributed by atoms with Crippen molar-refractivity contribution in [2.75, 3.05) is 0 Å². The Morgan fingerprint density at radius 2 is 1.38 bits per heavy atom. The van der Waals surface area contributed by atoms with Crippen molar-refractivity contribution in [2.45, 2.75) is 0 Å². The molecule has 0 spiro atoms. The third kappa shape index (κ3) is 3.21. The fraction of sp³-hybridized carbons (Fsp3) is 0. The van der Waals surface area contributed by atoms with Gasteiger partial charge in [0.05, 0.1) is 5.69 Å². The number of nitrogens with zero attached hydrogens (tertiary/aromatic N) is 1. The van der Waals surface area contributed by atoms with Gasteiger partial charge in [0.2, 0.25) is 0 Å². The third-order valence-corrected chi connectivity index (χ3v) is 2.15. The summed E-state index contributed by atoms with van der Waals surface area (Å²) in [5.74, 6) is 0. The zero-order valence-corrected chi connectivity index (χ0v) is 8.95. The molecule has 2 aromatic carbocycles. The second kappa shape index (κ2) is 5.66. The van der Waals surface area contributed by atoms with E-state index in [1.165, 1.54) is 5.56 Å². The van der Waals surface area contributed by atoms with Crippen LogP contribution in [0.25, 0.3) is 6.08 Å². The van der Waals surface area contributed by atoms with E-state index in [-0.39, 0.29) is 0 Å². The zero-order valence-electron chi connectivity index (χ0n) is 8.95. The molecule has 0 heterocycles. The molecule has 0 unspecified atom stereocenters. The summed E-state index contributed by atoms with van der Waals surface area (Å²) < 4.78 is 0. The van der Waals surface area contributed by atoms with E-state index < -0.39 is 0 Å². The summed E-state index contributed by atoms with van der Waals surface area (Å²) in [6, 6.07) is 20.1. The predicted octanol–water partition coefficient (Wildman–Crippen LogP) is 4.10. The van der Waals surface area contributed by atoms with Crippen molar-refractivity contribution >= 4 is 18.0 Å². The van der Waals surface area contributed by atoms with Crippen LogP contribution >= 0.6 is 0 Å². The Labute approximate surface area is 95.8 Å². The topological polar surface area (TPSA) is 12.4 Å². The number of hydrogen-bond acceptors (Lipinski definition) is 1. The van der Waals surface area contributed by atoms with E-state index >= 15 is 0 Å². The van der Waals surface area contributed by atoms with Crippen LogP contribution < -0.4 is 0 Å². The summed E-state index contributed by atoms with van der Waals surface area (Å²) in [5, 5.41) is 0. The molecular weight excluding hydrogens is 194 g/mol. The quantitative estimate of drug-likeness (QED) is 0.672. The fourth-order valence-electron chi connectivity index (χ4n) is 1.36. The van der Waals surface area contributed by atoms with Gasteiger partial charge in [0, 0.05) is 6.21 Å². The van der Waals surface area contributed by atoms with E-state index in [4.69, 9.17) is 0 Å². The van der Waals surface area contributed by atoms with Crippen molar-refractivity contribution in [3.05, 3.63) is 72.3 Å². The monoisotopic (exact) mass is 207 g/mol. The van der Waals surface area contributed by atoms with E-state index in [1.54, 1.807) is 0 Å².